The van der Waals surface area contributed by atoms with Crippen molar-refractivity contribution in [2.75, 3.05) is 18.0 Å². The SMILES string of the molecule is Cn1cc(-c2nc3c(N4CCCCC4)ncnc3n2C)cn1. The Labute approximate surface area is 128 Å². The number of fused-ring (bicyclic) bond motifs is 1. The molecule has 1 aliphatic heterocycles. The Balaban J connectivity index is 1.86. The number of imidazole rings is 1. The fourth-order valence-electron chi connectivity index (χ4n) is 3.12. The van der Waals surface area contributed by atoms with Crippen LogP contribution in [0, 0.1) is 0 Å². The molecule has 1 fully saturated rings. The number of anilines is 1. The summed E-state index contributed by atoms with van der Waals surface area (Å²) in [7, 11) is 3.90. The standard InChI is InChI=1S/C15H19N7/c1-20-9-11(8-18-20)13-19-12-14(21(13)2)16-10-17-15(12)22-6-4-3-5-7-22/h8-10H,3-7H2,1-2H3. The Bertz CT molecular complexity index is 811. The second-order valence-electron chi connectivity index (χ2n) is 5.81. The highest BCUT2D eigenvalue weighted by atomic mass is 15.3. The van der Waals surface area contributed by atoms with Crippen LogP contribution in [0.2, 0.25) is 0 Å². The molecule has 1 aliphatic rings. The highest BCUT2D eigenvalue weighted by Crippen LogP contribution is 2.28. The van der Waals surface area contributed by atoms with E-state index in [9.17, 15) is 0 Å². The number of hydrogen-bond donors (Lipinski definition) is 0. The van der Waals surface area contributed by atoms with E-state index < -0.39 is 0 Å². The first-order valence-electron chi connectivity index (χ1n) is 7.65. The Kier molecular flexibility index (Phi) is 3.06. The minimum Gasteiger partial charge on any atom is -0.355 e. The molecule has 114 valence electrons. The predicted molar refractivity (Wildman–Crippen MR) is 84.6 cm³/mol. The van der Waals surface area contributed by atoms with Gasteiger partial charge in [0, 0.05) is 33.4 Å². The van der Waals surface area contributed by atoms with Crippen LogP contribution in [0.25, 0.3) is 22.6 Å². The van der Waals surface area contributed by atoms with Crippen LogP contribution < -0.4 is 4.90 Å². The molecule has 22 heavy (non-hydrogen) atoms. The lowest BCUT2D eigenvalue weighted by atomic mass is 10.1. The van der Waals surface area contributed by atoms with Gasteiger partial charge in [0.1, 0.15) is 12.2 Å². The quantitative estimate of drug-likeness (QED) is 0.721. The van der Waals surface area contributed by atoms with E-state index >= 15 is 0 Å². The van der Waals surface area contributed by atoms with Gasteiger partial charge in [0.2, 0.25) is 0 Å². The Hall–Kier alpha value is -2.44. The molecule has 0 spiro atoms. The maximum atomic E-state index is 4.81. The van der Waals surface area contributed by atoms with Crippen molar-refractivity contribution < 1.29 is 0 Å². The van der Waals surface area contributed by atoms with E-state index in [1.807, 2.05) is 31.1 Å². The highest BCUT2D eigenvalue weighted by Gasteiger charge is 2.20. The summed E-state index contributed by atoms with van der Waals surface area (Å²) in [6.45, 7) is 2.09. The summed E-state index contributed by atoms with van der Waals surface area (Å²) in [4.78, 5) is 16.1. The van der Waals surface area contributed by atoms with Crippen molar-refractivity contribution in [1.82, 2.24) is 29.3 Å². The van der Waals surface area contributed by atoms with E-state index in [0.29, 0.717) is 0 Å². The minimum absolute atomic E-state index is 0.870. The molecule has 1 saturated heterocycles. The lowest BCUT2D eigenvalue weighted by Crippen LogP contribution is -2.30. The van der Waals surface area contributed by atoms with E-state index in [4.69, 9.17) is 4.98 Å². The van der Waals surface area contributed by atoms with E-state index in [0.717, 1.165) is 41.5 Å². The molecule has 7 nitrogen and oxygen atoms in total. The van der Waals surface area contributed by atoms with Crippen LogP contribution in [0.1, 0.15) is 19.3 Å². The number of hydrogen-bond acceptors (Lipinski definition) is 5. The smallest absolute Gasteiger partial charge is 0.165 e. The summed E-state index contributed by atoms with van der Waals surface area (Å²) >= 11 is 0. The molecule has 0 saturated carbocycles. The number of nitrogens with zero attached hydrogens (tertiary/aromatic N) is 7. The van der Waals surface area contributed by atoms with E-state index in [1.165, 1.54) is 19.3 Å². The molecular formula is C15H19N7. The zero-order chi connectivity index (χ0) is 15.1. The van der Waals surface area contributed by atoms with Crippen molar-refractivity contribution in [2.24, 2.45) is 14.1 Å². The van der Waals surface area contributed by atoms with Crippen LogP contribution in [0.15, 0.2) is 18.7 Å². The largest absolute Gasteiger partial charge is 0.355 e. The topological polar surface area (TPSA) is 64.7 Å². The van der Waals surface area contributed by atoms with Gasteiger partial charge in [-0.05, 0) is 19.3 Å². The van der Waals surface area contributed by atoms with Gasteiger partial charge >= 0.3 is 0 Å². The summed E-state index contributed by atoms with van der Waals surface area (Å²) < 4.78 is 3.80. The fraction of sp³-hybridized carbons (Fsp3) is 0.467. The molecule has 3 aromatic rings. The second-order valence-corrected chi connectivity index (χ2v) is 5.81. The van der Waals surface area contributed by atoms with E-state index in [-0.39, 0.29) is 0 Å². The molecule has 0 aliphatic carbocycles. The normalized spacial score (nSPS) is 15.6. The molecule has 7 heteroatoms. The number of rotatable bonds is 2. The number of aromatic nitrogens is 6. The molecule has 0 aromatic carbocycles. The van der Waals surface area contributed by atoms with Gasteiger partial charge < -0.3 is 9.47 Å². The number of piperidine rings is 1. The van der Waals surface area contributed by atoms with Gasteiger partial charge in [-0.25, -0.2) is 15.0 Å². The van der Waals surface area contributed by atoms with Crippen LogP contribution in [-0.4, -0.2) is 42.4 Å². The van der Waals surface area contributed by atoms with Gasteiger partial charge in [-0.2, -0.15) is 5.10 Å². The Morgan fingerprint density at radius 3 is 2.59 bits per heavy atom. The monoisotopic (exact) mass is 297 g/mol. The van der Waals surface area contributed by atoms with Crippen LogP contribution in [-0.2, 0) is 14.1 Å². The average Bonchev–Trinajstić information content (AvgIpc) is 3.12. The van der Waals surface area contributed by atoms with Crippen molar-refractivity contribution in [3.8, 4) is 11.4 Å². The molecule has 0 atom stereocenters. The Morgan fingerprint density at radius 2 is 1.86 bits per heavy atom. The first kappa shape index (κ1) is 13.2. The van der Waals surface area contributed by atoms with Crippen LogP contribution in [0.3, 0.4) is 0 Å². The maximum Gasteiger partial charge on any atom is 0.165 e. The minimum atomic E-state index is 0.870. The number of aryl methyl sites for hydroxylation is 2. The van der Waals surface area contributed by atoms with Crippen molar-refractivity contribution in [3.63, 3.8) is 0 Å². The van der Waals surface area contributed by atoms with E-state index in [2.05, 4.69) is 20.0 Å². The van der Waals surface area contributed by atoms with Gasteiger partial charge in [-0.3, -0.25) is 4.68 Å². The van der Waals surface area contributed by atoms with Gasteiger partial charge in [0.05, 0.1) is 11.8 Å². The zero-order valence-electron chi connectivity index (χ0n) is 12.9. The summed E-state index contributed by atoms with van der Waals surface area (Å²) in [6, 6.07) is 0. The van der Waals surface area contributed by atoms with Gasteiger partial charge in [0.15, 0.2) is 17.0 Å². The molecular weight excluding hydrogens is 278 g/mol. The third-order valence-corrected chi connectivity index (χ3v) is 4.26. The molecule has 0 amide bonds. The van der Waals surface area contributed by atoms with Gasteiger partial charge in [-0.15, -0.1) is 0 Å². The van der Waals surface area contributed by atoms with Crippen molar-refractivity contribution in [1.29, 1.82) is 0 Å². The summed E-state index contributed by atoms with van der Waals surface area (Å²) in [5.74, 6) is 1.83. The predicted octanol–water partition coefficient (Wildman–Crippen LogP) is 1.75. The van der Waals surface area contributed by atoms with Crippen molar-refractivity contribution in [3.05, 3.63) is 18.7 Å². The van der Waals surface area contributed by atoms with Crippen molar-refractivity contribution in [2.45, 2.75) is 19.3 Å². The fourth-order valence-corrected chi connectivity index (χ4v) is 3.12. The molecule has 0 unspecified atom stereocenters. The lowest BCUT2D eigenvalue weighted by molar-refractivity contribution is 0.574. The lowest BCUT2D eigenvalue weighted by Gasteiger charge is -2.27. The summed E-state index contributed by atoms with van der Waals surface area (Å²) in [5, 5.41) is 4.23. The van der Waals surface area contributed by atoms with Crippen LogP contribution >= 0.6 is 0 Å². The molecule has 0 bridgehead atoms. The van der Waals surface area contributed by atoms with Crippen LogP contribution in [0.4, 0.5) is 5.82 Å². The van der Waals surface area contributed by atoms with E-state index in [1.54, 1.807) is 11.0 Å². The summed E-state index contributed by atoms with van der Waals surface area (Å²) in [5.41, 5.74) is 2.74. The highest BCUT2D eigenvalue weighted by molar-refractivity contribution is 5.86. The second kappa shape index (κ2) is 5.08. The van der Waals surface area contributed by atoms with Gasteiger partial charge in [-0.1, -0.05) is 0 Å². The third kappa shape index (κ3) is 2.04. The molecule has 4 heterocycles. The first-order valence-corrected chi connectivity index (χ1v) is 7.65. The zero-order valence-corrected chi connectivity index (χ0v) is 12.9. The molecule has 0 N–H and O–H groups in total. The van der Waals surface area contributed by atoms with Crippen molar-refractivity contribution >= 4 is 17.0 Å². The maximum absolute atomic E-state index is 4.81. The average molecular weight is 297 g/mol. The van der Waals surface area contributed by atoms with Crippen LogP contribution in [0.5, 0.6) is 0 Å². The molecule has 4 rings (SSSR count). The Morgan fingerprint density at radius 1 is 1.05 bits per heavy atom. The summed E-state index contributed by atoms with van der Waals surface area (Å²) in [6.07, 6.45) is 9.17. The molecule has 0 radical (unpaired) electrons. The molecule has 3 aromatic heterocycles. The van der Waals surface area contributed by atoms with Gasteiger partial charge in [0.25, 0.3) is 0 Å². The first-order chi connectivity index (χ1) is 10.7. The third-order valence-electron chi connectivity index (χ3n) is 4.26.